The lowest BCUT2D eigenvalue weighted by Crippen LogP contribution is -2.44. The zero-order valence-electron chi connectivity index (χ0n) is 20.6. The summed E-state index contributed by atoms with van der Waals surface area (Å²) in [6.45, 7) is 2.82. The van der Waals surface area contributed by atoms with E-state index in [9.17, 15) is 13.2 Å². The number of amides is 1. The molecule has 2 saturated heterocycles. The van der Waals surface area contributed by atoms with Gasteiger partial charge in [-0.3, -0.25) is 4.79 Å². The molecule has 8 heteroatoms. The van der Waals surface area contributed by atoms with Crippen molar-refractivity contribution in [3.8, 4) is 0 Å². The molecule has 5 rings (SSSR count). The molecule has 190 valence electrons. The van der Waals surface area contributed by atoms with Gasteiger partial charge in [-0.2, -0.15) is 4.31 Å². The number of nitrogens with one attached hydrogen (secondary N) is 1. The van der Waals surface area contributed by atoms with E-state index in [2.05, 4.69) is 10.2 Å². The predicted octanol–water partition coefficient (Wildman–Crippen LogP) is 4.46. The van der Waals surface area contributed by atoms with Crippen LogP contribution in [-0.4, -0.2) is 55.8 Å². The molecule has 3 heterocycles. The van der Waals surface area contributed by atoms with Gasteiger partial charge in [-0.25, -0.2) is 13.4 Å². The second-order valence-corrected chi connectivity index (χ2v) is 12.4. The maximum atomic E-state index is 13.0. The number of anilines is 1. The first-order chi connectivity index (χ1) is 17.0. The van der Waals surface area contributed by atoms with E-state index in [1.807, 2.05) is 18.2 Å². The van der Waals surface area contributed by atoms with Gasteiger partial charge in [-0.1, -0.05) is 32.1 Å². The first-order valence-corrected chi connectivity index (χ1v) is 14.9. The molecular weight excluding hydrogens is 460 g/mol. The van der Waals surface area contributed by atoms with Crippen molar-refractivity contribution >= 4 is 32.7 Å². The molecule has 1 amide bonds. The Morgan fingerprint density at radius 2 is 1.51 bits per heavy atom. The van der Waals surface area contributed by atoms with Crippen molar-refractivity contribution < 1.29 is 13.2 Å². The number of aromatic nitrogens is 1. The third-order valence-corrected chi connectivity index (χ3v) is 9.88. The van der Waals surface area contributed by atoms with Crippen molar-refractivity contribution in [3.05, 3.63) is 30.3 Å². The fourth-order valence-corrected chi connectivity index (χ4v) is 7.35. The van der Waals surface area contributed by atoms with E-state index < -0.39 is 10.0 Å². The number of rotatable bonds is 5. The molecule has 1 N–H and O–H groups in total. The van der Waals surface area contributed by atoms with Crippen molar-refractivity contribution in [2.24, 2.45) is 5.92 Å². The van der Waals surface area contributed by atoms with Crippen LogP contribution in [0.1, 0.15) is 70.6 Å². The molecule has 35 heavy (non-hydrogen) atoms. The van der Waals surface area contributed by atoms with Crippen LogP contribution in [-0.2, 0) is 14.8 Å². The maximum absolute atomic E-state index is 13.0. The minimum Gasteiger partial charge on any atom is -0.357 e. The second kappa shape index (κ2) is 10.8. The van der Waals surface area contributed by atoms with Gasteiger partial charge in [-0.05, 0) is 68.9 Å². The Labute approximate surface area is 209 Å². The van der Waals surface area contributed by atoms with Gasteiger partial charge in [0.25, 0.3) is 0 Å². The first-order valence-electron chi connectivity index (χ1n) is 13.5. The van der Waals surface area contributed by atoms with Gasteiger partial charge in [0.2, 0.25) is 15.9 Å². The molecule has 1 aliphatic carbocycles. The Hall–Kier alpha value is -2.19. The Bertz CT molecular complexity index is 1130. The normalized spacial score (nSPS) is 21.7. The summed E-state index contributed by atoms with van der Waals surface area (Å²) in [7, 11) is -3.45. The topological polar surface area (TPSA) is 82.6 Å². The largest absolute Gasteiger partial charge is 0.357 e. The van der Waals surface area contributed by atoms with Crippen LogP contribution < -0.4 is 10.2 Å². The molecule has 3 aliphatic rings. The van der Waals surface area contributed by atoms with Crippen molar-refractivity contribution in [3.63, 3.8) is 0 Å². The Morgan fingerprint density at radius 1 is 0.829 bits per heavy atom. The highest BCUT2D eigenvalue weighted by Crippen LogP contribution is 2.28. The maximum Gasteiger partial charge on any atom is 0.243 e. The summed E-state index contributed by atoms with van der Waals surface area (Å²) in [5.74, 6) is 1.20. The van der Waals surface area contributed by atoms with Crippen LogP contribution in [0.2, 0.25) is 0 Å². The number of nitrogens with zero attached hydrogens (tertiary/aromatic N) is 3. The van der Waals surface area contributed by atoms with Gasteiger partial charge >= 0.3 is 0 Å². The number of carbonyl (C=O) groups is 1. The predicted molar refractivity (Wildman–Crippen MR) is 139 cm³/mol. The summed E-state index contributed by atoms with van der Waals surface area (Å²) in [4.78, 5) is 20.2. The average Bonchev–Trinajstić information content (AvgIpc) is 3.17. The summed E-state index contributed by atoms with van der Waals surface area (Å²) in [5.41, 5.74) is 0.799. The molecule has 2 aliphatic heterocycles. The van der Waals surface area contributed by atoms with Gasteiger partial charge in [0.1, 0.15) is 5.82 Å². The molecule has 0 atom stereocenters. The van der Waals surface area contributed by atoms with Crippen LogP contribution in [0, 0.1) is 5.92 Å². The zero-order chi connectivity index (χ0) is 24.3. The van der Waals surface area contributed by atoms with Crippen LogP contribution in [0.4, 0.5) is 5.82 Å². The van der Waals surface area contributed by atoms with E-state index in [1.54, 1.807) is 16.4 Å². The van der Waals surface area contributed by atoms with Gasteiger partial charge in [0.05, 0.1) is 10.4 Å². The van der Waals surface area contributed by atoms with Crippen molar-refractivity contribution in [2.45, 2.75) is 81.6 Å². The molecule has 0 unspecified atom stereocenters. The number of pyridine rings is 1. The fraction of sp³-hybridized carbons (Fsp3) is 0.630. The Kier molecular flexibility index (Phi) is 7.58. The number of sulfonamides is 1. The van der Waals surface area contributed by atoms with Crippen LogP contribution in [0.15, 0.2) is 35.2 Å². The van der Waals surface area contributed by atoms with E-state index in [0.29, 0.717) is 24.0 Å². The third kappa shape index (κ3) is 5.64. The number of benzene rings is 1. The van der Waals surface area contributed by atoms with Crippen molar-refractivity contribution in [2.75, 3.05) is 31.1 Å². The Morgan fingerprint density at radius 3 is 2.23 bits per heavy atom. The monoisotopic (exact) mass is 498 g/mol. The number of hydrogen-bond acceptors (Lipinski definition) is 5. The molecule has 3 fully saturated rings. The Balaban J connectivity index is 1.21. The SMILES string of the molecule is O=C(NC1CCCCCC1)C1CCN(c2ccc3cc(S(=O)(=O)N4CCCCC4)ccc3n2)CC1. The summed E-state index contributed by atoms with van der Waals surface area (Å²) in [5, 5.41) is 4.16. The smallest absolute Gasteiger partial charge is 0.243 e. The minimum atomic E-state index is -3.45. The molecule has 0 spiro atoms. The standard InChI is InChI=1S/C27H38N4O3S/c32-27(28-23-8-4-1-2-5-9-23)21-14-18-30(19-15-21)26-13-10-22-20-24(11-12-25(22)29-26)35(33,34)31-16-6-3-7-17-31/h10-13,20-21,23H,1-9,14-19H2,(H,28,32). The third-order valence-electron chi connectivity index (χ3n) is 7.99. The molecule has 7 nitrogen and oxygen atoms in total. The highest BCUT2D eigenvalue weighted by molar-refractivity contribution is 7.89. The van der Waals surface area contributed by atoms with E-state index in [0.717, 1.165) is 74.8 Å². The summed E-state index contributed by atoms with van der Waals surface area (Å²) >= 11 is 0. The number of carbonyl (C=O) groups excluding carboxylic acids is 1. The van der Waals surface area contributed by atoms with Gasteiger partial charge in [-0.15, -0.1) is 0 Å². The molecule has 0 radical (unpaired) electrons. The van der Waals surface area contributed by atoms with Crippen molar-refractivity contribution in [1.29, 1.82) is 0 Å². The van der Waals surface area contributed by atoms with E-state index in [-0.39, 0.29) is 11.8 Å². The van der Waals surface area contributed by atoms with Gasteiger partial charge < -0.3 is 10.2 Å². The molecule has 0 bridgehead atoms. The number of hydrogen-bond donors (Lipinski definition) is 1. The van der Waals surface area contributed by atoms with E-state index in [1.165, 1.54) is 25.7 Å². The number of fused-ring (bicyclic) bond motifs is 1. The average molecular weight is 499 g/mol. The molecule has 2 aromatic rings. The van der Waals surface area contributed by atoms with Crippen LogP contribution in [0.25, 0.3) is 10.9 Å². The lowest BCUT2D eigenvalue weighted by Gasteiger charge is -2.33. The van der Waals surface area contributed by atoms with Crippen LogP contribution in [0.3, 0.4) is 0 Å². The summed E-state index contributed by atoms with van der Waals surface area (Å²) < 4.78 is 27.7. The molecular formula is C27H38N4O3S. The molecule has 1 aromatic heterocycles. The first kappa shape index (κ1) is 24.5. The lowest BCUT2D eigenvalue weighted by atomic mass is 9.95. The highest BCUT2D eigenvalue weighted by Gasteiger charge is 2.28. The quantitative estimate of drug-likeness (QED) is 0.615. The van der Waals surface area contributed by atoms with E-state index >= 15 is 0 Å². The minimum absolute atomic E-state index is 0.0810. The lowest BCUT2D eigenvalue weighted by molar-refractivity contribution is -0.126. The van der Waals surface area contributed by atoms with Crippen LogP contribution in [0.5, 0.6) is 0 Å². The fourth-order valence-electron chi connectivity index (χ4n) is 5.80. The van der Waals surface area contributed by atoms with Gasteiger partial charge in [0.15, 0.2) is 0 Å². The van der Waals surface area contributed by atoms with Gasteiger partial charge in [0, 0.05) is 43.5 Å². The van der Waals surface area contributed by atoms with E-state index in [4.69, 9.17) is 4.98 Å². The zero-order valence-corrected chi connectivity index (χ0v) is 21.4. The van der Waals surface area contributed by atoms with Crippen LogP contribution >= 0.6 is 0 Å². The summed E-state index contributed by atoms with van der Waals surface area (Å²) in [6.07, 6.45) is 11.9. The highest BCUT2D eigenvalue weighted by atomic mass is 32.2. The summed E-state index contributed by atoms with van der Waals surface area (Å²) in [6, 6.07) is 9.56. The van der Waals surface area contributed by atoms with Crippen molar-refractivity contribution in [1.82, 2.24) is 14.6 Å². The molecule has 1 saturated carbocycles. The second-order valence-electron chi connectivity index (χ2n) is 10.4. The molecule has 1 aromatic carbocycles. The number of piperidine rings is 2.